The number of hydrogen-bond donors (Lipinski definition) is 2. The molecule has 1 aliphatic heterocycles. The highest BCUT2D eigenvalue weighted by atomic mass is 35.5. The van der Waals surface area contributed by atoms with E-state index < -0.39 is 10.0 Å². The van der Waals surface area contributed by atoms with Crippen LogP contribution in [0.25, 0.3) is 0 Å². The van der Waals surface area contributed by atoms with E-state index >= 15 is 0 Å². The second kappa shape index (κ2) is 5.89. The molecule has 1 saturated heterocycles. The van der Waals surface area contributed by atoms with Gasteiger partial charge >= 0.3 is 0 Å². The number of anilines is 1. The Morgan fingerprint density at radius 1 is 1.40 bits per heavy atom. The van der Waals surface area contributed by atoms with Crippen LogP contribution in [0.4, 0.5) is 5.69 Å². The van der Waals surface area contributed by atoms with Crippen LogP contribution in [0.5, 0.6) is 0 Å². The molecule has 0 aliphatic carbocycles. The lowest BCUT2D eigenvalue weighted by molar-refractivity contribution is 0.170. The lowest BCUT2D eigenvalue weighted by Gasteiger charge is -2.30. The Kier molecular flexibility index (Phi) is 4.59. The van der Waals surface area contributed by atoms with Gasteiger partial charge in [-0.25, -0.2) is 8.42 Å². The summed E-state index contributed by atoms with van der Waals surface area (Å²) >= 11 is 5.92. The molecular formula is C13H19ClN2O3S. The zero-order valence-corrected chi connectivity index (χ0v) is 12.9. The second-order valence-corrected chi connectivity index (χ2v) is 7.49. The van der Waals surface area contributed by atoms with Crippen molar-refractivity contribution in [2.24, 2.45) is 5.92 Å². The fraction of sp³-hybridized carbons (Fsp3) is 0.538. The van der Waals surface area contributed by atoms with Gasteiger partial charge in [0.1, 0.15) is 0 Å². The molecule has 0 amide bonds. The Hall–Kier alpha value is -0.820. The Balaban J connectivity index is 2.32. The van der Waals surface area contributed by atoms with E-state index in [9.17, 15) is 8.42 Å². The van der Waals surface area contributed by atoms with Crippen LogP contribution < -0.4 is 5.73 Å². The molecule has 0 bridgehead atoms. The molecule has 0 radical (unpaired) electrons. The van der Waals surface area contributed by atoms with E-state index in [1.54, 1.807) is 13.0 Å². The molecule has 0 spiro atoms. The van der Waals surface area contributed by atoms with E-state index in [0.717, 1.165) is 0 Å². The SMILES string of the molecule is Cc1c(N)cc(Cl)cc1S(=O)(=O)N1CCC(CO)CC1. The zero-order chi connectivity index (χ0) is 14.9. The van der Waals surface area contributed by atoms with E-state index in [1.165, 1.54) is 10.4 Å². The highest BCUT2D eigenvalue weighted by molar-refractivity contribution is 7.89. The van der Waals surface area contributed by atoms with Crippen LogP contribution in [0.15, 0.2) is 17.0 Å². The number of hydrogen-bond acceptors (Lipinski definition) is 4. The maximum Gasteiger partial charge on any atom is 0.243 e. The zero-order valence-electron chi connectivity index (χ0n) is 11.3. The van der Waals surface area contributed by atoms with Crippen molar-refractivity contribution in [3.05, 3.63) is 22.7 Å². The molecule has 1 aliphatic rings. The van der Waals surface area contributed by atoms with Crippen molar-refractivity contribution in [1.82, 2.24) is 4.31 Å². The van der Waals surface area contributed by atoms with Gasteiger partial charge in [-0.05, 0) is 43.4 Å². The summed E-state index contributed by atoms with van der Waals surface area (Å²) in [6.07, 6.45) is 1.34. The average Bonchev–Trinajstić information content (AvgIpc) is 2.42. The summed E-state index contributed by atoms with van der Waals surface area (Å²) in [4.78, 5) is 0.171. The first-order valence-electron chi connectivity index (χ1n) is 6.53. The number of aliphatic hydroxyl groups excluding tert-OH is 1. The highest BCUT2D eigenvalue weighted by Gasteiger charge is 2.30. The highest BCUT2D eigenvalue weighted by Crippen LogP contribution is 2.30. The largest absolute Gasteiger partial charge is 0.398 e. The third-order valence-corrected chi connectivity index (χ3v) is 6.06. The molecule has 0 aromatic heterocycles. The Morgan fingerprint density at radius 3 is 2.55 bits per heavy atom. The van der Waals surface area contributed by atoms with E-state index in [-0.39, 0.29) is 17.4 Å². The molecular weight excluding hydrogens is 300 g/mol. The number of nitrogens with zero attached hydrogens (tertiary/aromatic N) is 1. The minimum atomic E-state index is -3.58. The molecule has 20 heavy (non-hydrogen) atoms. The van der Waals surface area contributed by atoms with Gasteiger partial charge in [0.2, 0.25) is 10.0 Å². The molecule has 5 nitrogen and oxygen atoms in total. The third kappa shape index (κ3) is 2.93. The lowest BCUT2D eigenvalue weighted by Crippen LogP contribution is -2.39. The first kappa shape index (κ1) is 15.6. The van der Waals surface area contributed by atoms with Crippen molar-refractivity contribution >= 4 is 27.3 Å². The molecule has 1 aromatic carbocycles. The first-order valence-corrected chi connectivity index (χ1v) is 8.34. The first-order chi connectivity index (χ1) is 9.36. The van der Waals surface area contributed by atoms with Crippen LogP contribution in [0, 0.1) is 12.8 Å². The average molecular weight is 319 g/mol. The van der Waals surface area contributed by atoms with Gasteiger partial charge in [-0.1, -0.05) is 11.6 Å². The number of nitrogen functional groups attached to an aromatic ring is 1. The van der Waals surface area contributed by atoms with Gasteiger partial charge in [0.05, 0.1) is 4.90 Å². The van der Waals surface area contributed by atoms with Crippen molar-refractivity contribution < 1.29 is 13.5 Å². The van der Waals surface area contributed by atoms with Gasteiger partial charge in [0, 0.05) is 30.4 Å². The Morgan fingerprint density at radius 2 is 2.00 bits per heavy atom. The van der Waals surface area contributed by atoms with Gasteiger partial charge in [0.25, 0.3) is 0 Å². The summed E-state index contributed by atoms with van der Waals surface area (Å²) in [5.74, 6) is 0.187. The third-order valence-electron chi connectivity index (χ3n) is 3.81. The van der Waals surface area contributed by atoms with Crippen molar-refractivity contribution in [2.45, 2.75) is 24.7 Å². The standard InChI is InChI=1S/C13H19ClN2O3S/c1-9-12(15)6-11(14)7-13(9)20(18,19)16-4-2-10(8-17)3-5-16/h6-7,10,17H,2-5,8,15H2,1H3. The predicted molar refractivity (Wildman–Crippen MR) is 79.2 cm³/mol. The Labute approximate surface area is 124 Å². The summed E-state index contributed by atoms with van der Waals surface area (Å²) in [5.41, 5.74) is 6.69. The minimum absolute atomic E-state index is 0.108. The van der Waals surface area contributed by atoms with Crippen LogP contribution in [0.2, 0.25) is 5.02 Å². The number of sulfonamides is 1. The van der Waals surface area contributed by atoms with Gasteiger partial charge < -0.3 is 10.8 Å². The van der Waals surface area contributed by atoms with E-state index in [0.29, 0.717) is 42.2 Å². The number of nitrogens with two attached hydrogens (primary N) is 1. The molecule has 0 saturated carbocycles. The molecule has 1 heterocycles. The van der Waals surface area contributed by atoms with E-state index in [1.807, 2.05) is 0 Å². The van der Waals surface area contributed by atoms with Gasteiger partial charge in [0.15, 0.2) is 0 Å². The summed E-state index contributed by atoms with van der Waals surface area (Å²) < 4.78 is 26.8. The fourth-order valence-corrected chi connectivity index (χ4v) is 4.46. The molecule has 3 N–H and O–H groups in total. The predicted octanol–water partition coefficient (Wildman–Crippen LogP) is 1.62. The van der Waals surface area contributed by atoms with Crippen LogP contribution in [-0.2, 0) is 10.0 Å². The lowest BCUT2D eigenvalue weighted by atomic mass is 10.00. The monoisotopic (exact) mass is 318 g/mol. The number of benzene rings is 1. The topological polar surface area (TPSA) is 83.6 Å². The quantitative estimate of drug-likeness (QED) is 0.830. The van der Waals surface area contributed by atoms with Crippen LogP contribution >= 0.6 is 11.6 Å². The summed E-state index contributed by atoms with van der Waals surface area (Å²) in [7, 11) is -3.58. The maximum absolute atomic E-state index is 12.7. The maximum atomic E-state index is 12.7. The minimum Gasteiger partial charge on any atom is -0.398 e. The van der Waals surface area contributed by atoms with Gasteiger partial charge in [-0.15, -0.1) is 0 Å². The molecule has 0 atom stereocenters. The molecule has 1 fully saturated rings. The number of piperidine rings is 1. The summed E-state index contributed by atoms with van der Waals surface area (Å²) in [5, 5.41) is 9.43. The number of rotatable bonds is 3. The van der Waals surface area contributed by atoms with Crippen LogP contribution in [0.1, 0.15) is 18.4 Å². The molecule has 0 unspecified atom stereocenters. The fourth-order valence-electron chi connectivity index (χ4n) is 2.41. The number of aliphatic hydroxyl groups is 1. The Bertz CT molecular complexity index is 596. The van der Waals surface area contributed by atoms with Crippen molar-refractivity contribution in [2.75, 3.05) is 25.4 Å². The van der Waals surface area contributed by atoms with Crippen molar-refractivity contribution in [3.8, 4) is 0 Å². The molecule has 2 rings (SSSR count). The van der Waals surface area contributed by atoms with Crippen molar-refractivity contribution in [1.29, 1.82) is 0 Å². The molecule has 7 heteroatoms. The van der Waals surface area contributed by atoms with E-state index in [2.05, 4.69) is 0 Å². The summed E-state index contributed by atoms with van der Waals surface area (Å²) in [6.45, 7) is 2.62. The smallest absolute Gasteiger partial charge is 0.243 e. The van der Waals surface area contributed by atoms with Crippen LogP contribution in [-0.4, -0.2) is 37.5 Å². The molecule has 112 valence electrons. The second-order valence-electron chi connectivity index (χ2n) is 5.15. The van der Waals surface area contributed by atoms with Crippen molar-refractivity contribution in [3.63, 3.8) is 0 Å². The van der Waals surface area contributed by atoms with Gasteiger partial charge in [-0.3, -0.25) is 0 Å². The van der Waals surface area contributed by atoms with E-state index in [4.69, 9.17) is 22.4 Å². The molecule has 1 aromatic rings. The van der Waals surface area contributed by atoms with Crippen LogP contribution in [0.3, 0.4) is 0 Å². The normalized spacial score (nSPS) is 18.4. The number of halogens is 1. The van der Waals surface area contributed by atoms with Gasteiger partial charge in [-0.2, -0.15) is 4.31 Å². The summed E-state index contributed by atoms with van der Waals surface area (Å²) in [6, 6.07) is 2.99.